The summed E-state index contributed by atoms with van der Waals surface area (Å²) in [5.41, 5.74) is 0.185. The van der Waals surface area contributed by atoms with E-state index in [9.17, 15) is 0 Å². The summed E-state index contributed by atoms with van der Waals surface area (Å²) in [6.45, 7) is 8.58. The summed E-state index contributed by atoms with van der Waals surface area (Å²) in [5.74, 6) is 0. The quantitative estimate of drug-likeness (QED) is 0.646. The summed E-state index contributed by atoms with van der Waals surface area (Å²) < 4.78 is 0. The van der Waals surface area contributed by atoms with E-state index in [-0.39, 0.29) is 5.41 Å². The van der Waals surface area contributed by atoms with Crippen LogP contribution < -0.4 is 0 Å². The van der Waals surface area contributed by atoms with Crippen LogP contribution in [-0.4, -0.2) is 4.98 Å². The third kappa shape index (κ3) is 2.18. The number of hydrogen-bond acceptors (Lipinski definition) is 2. The fraction of sp³-hybridized carbons (Fsp3) is 0.500. The van der Waals surface area contributed by atoms with Gasteiger partial charge in [-0.3, -0.25) is 0 Å². The van der Waals surface area contributed by atoms with E-state index in [1.807, 2.05) is 19.2 Å². The van der Waals surface area contributed by atoms with Crippen LogP contribution >= 0.6 is 11.3 Å². The smallest absolute Gasteiger partial charge is 0.0984 e. The van der Waals surface area contributed by atoms with Crippen LogP contribution in [0.5, 0.6) is 0 Å². The first kappa shape index (κ1) is 9.46. The molecule has 1 rings (SSSR count). The topological polar surface area (TPSA) is 12.9 Å². The molecule has 0 aliphatic carbocycles. The lowest BCUT2D eigenvalue weighted by Gasteiger charge is -2.13. The molecule has 0 atom stereocenters. The molecule has 0 aliphatic heterocycles. The van der Waals surface area contributed by atoms with Gasteiger partial charge in [0.1, 0.15) is 0 Å². The van der Waals surface area contributed by atoms with Gasteiger partial charge in [0.15, 0.2) is 0 Å². The first-order chi connectivity index (χ1) is 5.54. The highest BCUT2D eigenvalue weighted by molar-refractivity contribution is 7.12. The maximum absolute atomic E-state index is 4.37. The van der Waals surface area contributed by atoms with E-state index in [0.29, 0.717) is 0 Å². The lowest BCUT2D eigenvalue weighted by molar-refractivity contribution is 0.585. The molecule has 1 nitrogen and oxygen atoms in total. The maximum atomic E-state index is 4.37. The van der Waals surface area contributed by atoms with Gasteiger partial charge >= 0.3 is 0 Å². The molecule has 1 heterocycles. The lowest BCUT2D eigenvalue weighted by Crippen LogP contribution is -2.09. The van der Waals surface area contributed by atoms with Gasteiger partial charge in [-0.1, -0.05) is 26.8 Å². The molecule has 2 heteroatoms. The lowest BCUT2D eigenvalue weighted by atomic mass is 9.98. The zero-order chi connectivity index (χ0) is 9.19. The van der Waals surface area contributed by atoms with Crippen LogP contribution in [0.2, 0.25) is 0 Å². The van der Waals surface area contributed by atoms with Crippen molar-refractivity contribution in [3.05, 3.63) is 22.2 Å². The number of thiazole rings is 1. The second-order valence-corrected chi connectivity index (χ2v) is 4.88. The van der Waals surface area contributed by atoms with E-state index < -0.39 is 0 Å². The van der Waals surface area contributed by atoms with Crippen molar-refractivity contribution in [1.29, 1.82) is 0 Å². The molecule has 0 spiro atoms. The zero-order valence-corrected chi connectivity index (χ0v) is 8.90. The first-order valence-electron chi connectivity index (χ1n) is 4.13. The molecule has 12 heavy (non-hydrogen) atoms. The predicted octanol–water partition coefficient (Wildman–Crippen LogP) is 3.47. The SMILES string of the molecule is C/C=C/c1cnc(C(C)(C)C)s1. The van der Waals surface area contributed by atoms with Crippen LogP contribution in [0, 0.1) is 0 Å². The molecule has 0 fully saturated rings. The van der Waals surface area contributed by atoms with Crippen molar-refractivity contribution in [3.63, 3.8) is 0 Å². The Kier molecular flexibility index (Phi) is 2.68. The van der Waals surface area contributed by atoms with Gasteiger partial charge in [0, 0.05) is 16.5 Å². The Morgan fingerprint density at radius 2 is 2.08 bits per heavy atom. The van der Waals surface area contributed by atoms with Gasteiger partial charge in [-0.15, -0.1) is 11.3 Å². The molecular weight excluding hydrogens is 166 g/mol. The summed E-state index contributed by atoms with van der Waals surface area (Å²) in [6, 6.07) is 0. The highest BCUT2D eigenvalue weighted by Crippen LogP contribution is 2.27. The van der Waals surface area contributed by atoms with Crippen LogP contribution in [0.4, 0.5) is 0 Å². The van der Waals surface area contributed by atoms with E-state index >= 15 is 0 Å². The van der Waals surface area contributed by atoms with Gasteiger partial charge in [0.05, 0.1) is 5.01 Å². The van der Waals surface area contributed by atoms with Crippen molar-refractivity contribution < 1.29 is 0 Å². The number of rotatable bonds is 1. The monoisotopic (exact) mass is 181 g/mol. The van der Waals surface area contributed by atoms with Crippen LogP contribution in [0.3, 0.4) is 0 Å². The molecule has 1 aromatic heterocycles. The summed E-state index contributed by atoms with van der Waals surface area (Å²) in [6.07, 6.45) is 6.07. The molecule has 0 aromatic carbocycles. The Hall–Kier alpha value is -0.630. The summed E-state index contributed by atoms with van der Waals surface area (Å²) in [4.78, 5) is 5.61. The predicted molar refractivity (Wildman–Crippen MR) is 55.5 cm³/mol. The van der Waals surface area contributed by atoms with Gasteiger partial charge in [-0.05, 0) is 13.0 Å². The van der Waals surface area contributed by atoms with E-state index in [1.165, 1.54) is 9.88 Å². The van der Waals surface area contributed by atoms with Crippen molar-refractivity contribution in [2.45, 2.75) is 33.1 Å². The molecule has 0 amide bonds. The maximum Gasteiger partial charge on any atom is 0.0984 e. The molecule has 0 aliphatic rings. The fourth-order valence-corrected chi connectivity index (χ4v) is 1.82. The van der Waals surface area contributed by atoms with E-state index in [0.717, 1.165) is 0 Å². The molecule has 0 unspecified atom stereocenters. The van der Waals surface area contributed by atoms with Crippen molar-refractivity contribution >= 4 is 17.4 Å². The summed E-state index contributed by atoms with van der Waals surface area (Å²) in [7, 11) is 0. The van der Waals surface area contributed by atoms with Gasteiger partial charge in [-0.2, -0.15) is 0 Å². The van der Waals surface area contributed by atoms with Crippen LogP contribution in [0.1, 0.15) is 37.6 Å². The Balaban J connectivity index is 2.92. The second kappa shape index (κ2) is 3.40. The molecular formula is C10H15NS. The summed E-state index contributed by atoms with van der Waals surface area (Å²) >= 11 is 1.77. The highest BCUT2D eigenvalue weighted by atomic mass is 32.1. The largest absolute Gasteiger partial charge is 0.248 e. The van der Waals surface area contributed by atoms with Crippen LogP contribution in [-0.2, 0) is 5.41 Å². The van der Waals surface area contributed by atoms with Gasteiger partial charge in [0.25, 0.3) is 0 Å². The van der Waals surface area contributed by atoms with E-state index in [4.69, 9.17) is 0 Å². The number of aromatic nitrogens is 1. The Bertz CT molecular complexity index is 278. The highest BCUT2D eigenvalue weighted by Gasteiger charge is 2.16. The van der Waals surface area contributed by atoms with Gasteiger partial charge < -0.3 is 0 Å². The van der Waals surface area contributed by atoms with Crippen molar-refractivity contribution in [2.75, 3.05) is 0 Å². The molecule has 0 saturated carbocycles. The number of nitrogens with zero attached hydrogens (tertiary/aromatic N) is 1. The number of hydrogen-bond donors (Lipinski definition) is 0. The zero-order valence-electron chi connectivity index (χ0n) is 8.09. The first-order valence-corrected chi connectivity index (χ1v) is 4.94. The molecule has 66 valence electrons. The molecule has 0 radical (unpaired) electrons. The second-order valence-electron chi connectivity index (χ2n) is 3.82. The molecule has 0 bridgehead atoms. The fourth-order valence-electron chi connectivity index (χ4n) is 0.875. The minimum Gasteiger partial charge on any atom is -0.248 e. The Morgan fingerprint density at radius 3 is 2.50 bits per heavy atom. The average molecular weight is 181 g/mol. The Morgan fingerprint density at radius 1 is 1.42 bits per heavy atom. The van der Waals surface area contributed by atoms with E-state index in [2.05, 4.69) is 31.8 Å². The minimum atomic E-state index is 0.185. The third-order valence-corrected chi connectivity index (χ3v) is 2.88. The van der Waals surface area contributed by atoms with Crippen LogP contribution in [0.15, 0.2) is 12.3 Å². The Labute approximate surface area is 78.2 Å². The molecule has 0 N–H and O–H groups in total. The number of allylic oxidation sites excluding steroid dienone is 1. The average Bonchev–Trinajstić information content (AvgIpc) is 2.35. The standard InChI is InChI=1S/C10H15NS/c1-5-6-8-7-11-9(12-8)10(2,3)4/h5-7H,1-4H3/b6-5+. The van der Waals surface area contributed by atoms with Gasteiger partial charge in [0.2, 0.25) is 0 Å². The van der Waals surface area contributed by atoms with Crippen molar-refractivity contribution in [1.82, 2.24) is 4.98 Å². The molecule has 1 aromatic rings. The molecule has 0 saturated heterocycles. The minimum absolute atomic E-state index is 0.185. The van der Waals surface area contributed by atoms with E-state index in [1.54, 1.807) is 11.3 Å². The van der Waals surface area contributed by atoms with Crippen molar-refractivity contribution in [3.8, 4) is 0 Å². The van der Waals surface area contributed by atoms with Crippen molar-refractivity contribution in [2.24, 2.45) is 0 Å². The summed E-state index contributed by atoms with van der Waals surface area (Å²) in [5, 5.41) is 1.20. The third-order valence-electron chi connectivity index (χ3n) is 1.50. The normalized spacial score (nSPS) is 12.7. The van der Waals surface area contributed by atoms with Crippen LogP contribution in [0.25, 0.3) is 6.08 Å². The van der Waals surface area contributed by atoms with Gasteiger partial charge in [-0.25, -0.2) is 4.98 Å².